The number of carbonyl (C=O) groups is 2. The first-order valence-electron chi connectivity index (χ1n) is 9.64. The van der Waals surface area contributed by atoms with Crippen LogP contribution < -0.4 is 15.6 Å². The van der Waals surface area contributed by atoms with Crippen molar-refractivity contribution in [3.05, 3.63) is 65.7 Å². The van der Waals surface area contributed by atoms with Gasteiger partial charge in [0.2, 0.25) is 5.91 Å². The number of aryl methyl sites for hydroxylation is 1. The molecule has 148 valence electrons. The summed E-state index contributed by atoms with van der Waals surface area (Å²) in [7, 11) is 0. The van der Waals surface area contributed by atoms with Crippen LogP contribution in [-0.2, 0) is 16.1 Å². The molecule has 2 N–H and O–H groups in total. The molecule has 0 radical (unpaired) electrons. The molecule has 0 aliphatic carbocycles. The minimum Gasteiger partial charge on any atom is -0.484 e. The lowest BCUT2D eigenvalue weighted by molar-refractivity contribution is -0.133. The summed E-state index contributed by atoms with van der Waals surface area (Å²) in [5.41, 5.74) is 7.29. The van der Waals surface area contributed by atoms with Crippen molar-refractivity contribution in [3.8, 4) is 5.75 Å². The van der Waals surface area contributed by atoms with E-state index in [1.807, 2.05) is 43.3 Å². The van der Waals surface area contributed by atoms with Gasteiger partial charge in [-0.2, -0.15) is 0 Å². The topological polar surface area (TPSA) is 70.7 Å². The molecule has 1 aliphatic heterocycles. The van der Waals surface area contributed by atoms with E-state index < -0.39 is 0 Å². The lowest BCUT2D eigenvalue weighted by Gasteiger charge is -2.32. The number of likely N-dealkylation sites (tertiary alicyclic amines) is 1. The third-order valence-corrected chi connectivity index (χ3v) is 4.81. The zero-order valence-electron chi connectivity index (χ0n) is 16.2. The minimum absolute atomic E-state index is 0.129. The Morgan fingerprint density at radius 3 is 2.71 bits per heavy atom. The van der Waals surface area contributed by atoms with Crippen molar-refractivity contribution in [1.29, 1.82) is 0 Å². The van der Waals surface area contributed by atoms with Gasteiger partial charge in [-0.3, -0.25) is 25.3 Å². The van der Waals surface area contributed by atoms with E-state index >= 15 is 0 Å². The lowest BCUT2D eigenvalue weighted by atomic mass is 9.97. The van der Waals surface area contributed by atoms with E-state index in [1.165, 1.54) is 5.56 Å². The Balaban J connectivity index is 1.40. The van der Waals surface area contributed by atoms with Crippen LogP contribution in [0.2, 0.25) is 0 Å². The quantitative estimate of drug-likeness (QED) is 0.754. The molecule has 1 fully saturated rings. The Morgan fingerprint density at radius 2 is 1.93 bits per heavy atom. The maximum atomic E-state index is 12.4. The number of rotatable bonds is 6. The molecule has 1 unspecified atom stereocenters. The zero-order chi connectivity index (χ0) is 19.8. The average molecular weight is 381 g/mol. The van der Waals surface area contributed by atoms with Crippen molar-refractivity contribution in [1.82, 2.24) is 15.8 Å². The Labute approximate surface area is 165 Å². The molecule has 0 bridgehead atoms. The van der Waals surface area contributed by atoms with Crippen LogP contribution >= 0.6 is 0 Å². The molecule has 2 aromatic carbocycles. The first kappa shape index (κ1) is 19.9. The molecule has 0 spiro atoms. The molecule has 3 rings (SSSR count). The smallest absolute Gasteiger partial charge is 0.276 e. The molecule has 2 amide bonds. The van der Waals surface area contributed by atoms with Crippen LogP contribution in [0.4, 0.5) is 0 Å². The summed E-state index contributed by atoms with van der Waals surface area (Å²) < 4.78 is 5.44. The highest BCUT2D eigenvalue weighted by molar-refractivity contribution is 5.84. The second-order valence-electron chi connectivity index (χ2n) is 7.20. The van der Waals surface area contributed by atoms with Crippen molar-refractivity contribution < 1.29 is 14.3 Å². The van der Waals surface area contributed by atoms with E-state index in [9.17, 15) is 9.59 Å². The molecule has 1 aliphatic rings. The highest BCUT2D eigenvalue weighted by Crippen LogP contribution is 2.18. The fourth-order valence-electron chi connectivity index (χ4n) is 3.38. The van der Waals surface area contributed by atoms with Gasteiger partial charge in [0.25, 0.3) is 5.91 Å². The number of ether oxygens (including phenoxy) is 1. The van der Waals surface area contributed by atoms with Crippen LogP contribution in [0.25, 0.3) is 0 Å². The molecule has 0 aromatic heterocycles. The standard InChI is InChI=1S/C22H27N3O3/c1-17-7-5-11-20(13-17)28-16-21(26)23-24-22(27)19-10-6-12-25(15-19)14-18-8-3-2-4-9-18/h2-5,7-9,11,13,19H,6,10,12,14-16H2,1H3,(H,23,26)(H,24,27). The van der Waals surface area contributed by atoms with Gasteiger partial charge >= 0.3 is 0 Å². The fraction of sp³-hybridized carbons (Fsp3) is 0.364. The molecule has 1 saturated heterocycles. The number of hydrazine groups is 1. The number of carbonyl (C=O) groups excluding carboxylic acids is 2. The molecule has 2 aromatic rings. The number of hydrogen-bond donors (Lipinski definition) is 2. The average Bonchev–Trinajstić information content (AvgIpc) is 2.71. The molecule has 1 heterocycles. The Hall–Kier alpha value is -2.86. The van der Waals surface area contributed by atoms with Crippen LogP contribution in [0.3, 0.4) is 0 Å². The number of nitrogens with one attached hydrogen (secondary N) is 2. The Kier molecular flexibility index (Phi) is 7.03. The van der Waals surface area contributed by atoms with Crippen molar-refractivity contribution in [2.75, 3.05) is 19.7 Å². The van der Waals surface area contributed by atoms with Crippen LogP contribution in [0.1, 0.15) is 24.0 Å². The number of hydrogen-bond acceptors (Lipinski definition) is 4. The normalized spacial score (nSPS) is 17.0. The molecular weight excluding hydrogens is 354 g/mol. The third kappa shape index (κ3) is 6.09. The van der Waals surface area contributed by atoms with E-state index in [0.717, 1.165) is 31.5 Å². The highest BCUT2D eigenvalue weighted by atomic mass is 16.5. The van der Waals surface area contributed by atoms with Crippen LogP contribution in [0.5, 0.6) is 5.75 Å². The van der Waals surface area contributed by atoms with Gasteiger partial charge in [0.05, 0.1) is 5.92 Å². The summed E-state index contributed by atoms with van der Waals surface area (Å²) in [5, 5.41) is 0. The highest BCUT2D eigenvalue weighted by Gasteiger charge is 2.26. The van der Waals surface area contributed by atoms with Crippen molar-refractivity contribution in [2.24, 2.45) is 5.92 Å². The minimum atomic E-state index is -0.383. The number of amides is 2. The largest absolute Gasteiger partial charge is 0.484 e. The van der Waals surface area contributed by atoms with Gasteiger partial charge < -0.3 is 4.74 Å². The van der Waals surface area contributed by atoms with Gasteiger partial charge in [0.15, 0.2) is 6.61 Å². The van der Waals surface area contributed by atoms with Crippen molar-refractivity contribution in [3.63, 3.8) is 0 Å². The van der Waals surface area contributed by atoms with Crippen LogP contribution in [-0.4, -0.2) is 36.4 Å². The molecular formula is C22H27N3O3. The van der Waals surface area contributed by atoms with E-state index in [-0.39, 0.29) is 24.3 Å². The van der Waals surface area contributed by atoms with E-state index in [2.05, 4.69) is 27.9 Å². The molecule has 1 atom stereocenters. The predicted octanol–water partition coefficient (Wildman–Crippen LogP) is 2.43. The second-order valence-corrected chi connectivity index (χ2v) is 7.20. The monoisotopic (exact) mass is 381 g/mol. The first-order valence-corrected chi connectivity index (χ1v) is 9.64. The van der Waals surface area contributed by atoms with Gasteiger partial charge in [-0.05, 0) is 49.6 Å². The fourth-order valence-corrected chi connectivity index (χ4v) is 3.38. The maximum Gasteiger partial charge on any atom is 0.276 e. The van der Waals surface area contributed by atoms with Gasteiger partial charge in [0.1, 0.15) is 5.75 Å². The number of nitrogens with zero attached hydrogens (tertiary/aromatic N) is 1. The molecule has 0 saturated carbocycles. The zero-order valence-corrected chi connectivity index (χ0v) is 16.2. The van der Waals surface area contributed by atoms with Crippen LogP contribution in [0, 0.1) is 12.8 Å². The third-order valence-electron chi connectivity index (χ3n) is 4.81. The van der Waals surface area contributed by atoms with Crippen molar-refractivity contribution >= 4 is 11.8 Å². The summed E-state index contributed by atoms with van der Waals surface area (Å²) in [6, 6.07) is 17.7. The van der Waals surface area contributed by atoms with Crippen molar-refractivity contribution in [2.45, 2.75) is 26.3 Å². The van der Waals surface area contributed by atoms with Gasteiger partial charge in [-0.25, -0.2) is 0 Å². The number of benzene rings is 2. The van der Waals surface area contributed by atoms with Gasteiger partial charge in [0, 0.05) is 13.1 Å². The second kappa shape index (κ2) is 9.90. The maximum absolute atomic E-state index is 12.4. The van der Waals surface area contributed by atoms with E-state index in [4.69, 9.17) is 4.74 Å². The summed E-state index contributed by atoms with van der Waals surface area (Å²) in [4.78, 5) is 26.6. The summed E-state index contributed by atoms with van der Waals surface area (Å²) in [6.07, 6.45) is 1.79. The van der Waals surface area contributed by atoms with E-state index in [1.54, 1.807) is 6.07 Å². The Bertz CT molecular complexity index is 795. The SMILES string of the molecule is Cc1cccc(OCC(=O)NNC(=O)C2CCCN(Cc3ccccc3)C2)c1. The first-order chi connectivity index (χ1) is 13.6. The summed E-state index contributed by atoms with van der Waals surface area (Å²) in [6.45, 7) is 4.32. The van der Waals surface area contributed by atoms with E-state index in [0.29, 0.717) is 12.3 Å². The molecule has 6 nitrogen and oxygen atoms in total. The molecule has 6 heteroatoms. The predicted molar refractivity (Wildman–Crippen MR) is 107 cm³/mol. The van der Waals surface area contributed by atoms with Gasteiger partial charge in [-0.15, -0.1) is 0 Å². The summed E-state index contributed by atoms with van der Waals surface area (Å²) >= 11 is 0. The molecule has 28 heavy (non-hydrogen) atoms. The summed E-state index contributed by atoms with van der Waals surface area (Å²) in [5.74, 6) is -0.0331. The Morgan fingerprint density at radius 1 is 1.11 bits per heavy atom. The number of piperidine rings is 1. The lowest BCUT2D eigenvalue weighted by Crippen LogP contribution is -2.49. The van der Waals surface area contributed by atoms with Crippen LogP contribution in [0.15, 0.2) is 54.6 Å². The van der Waals surface area contributed by atoms with Gasteiger partial charge in [-0.1, -0.05) is 42.5 Å².